The molecule has 1 unspecified atom stereocenters. The number of anilines is 2. The van der Waals surface area contributed by atoms with E-state index in [9.17, 15) is 9.00 Å². The van der Waals surface area contributed by atoms with Gasteiger partial charge in [-0.2, -0.15) is 5.10 Å². The van der Waals surface area contributed by atoms with Crippen molar-refractivity contribution in [3.05, 3.63) is 35.2 Å². The van der Waals surface area contributed by atoms with E-state index < -0.39 is 11.0 Å². The molecule has 1 aromatic heterocycles. The van der Waals surface area contributed by atoms with Crippen molar-refractivity contribution in [3.63, 3.8) is 0 Å². The molecule has 0 bridgehead atoms. The van der Waals surface area contributed by atoms with Crippen LogP contribution in [0.1, 0.15) is 23.4 Å². The summed E-state index contributed by atoms with van der Waals surface area (Å²) in [6, 6.07) is 5.47. The maximum Gasteiger partial charge on any atom is 0.224 e. The molecule has 0 saturated heterocycles. The molecule has 6 nitrogen and oxygen atoms in total. The van der Waals surface area contributed by atoms with Gasteiger partial charge in [0.05, 0.1) is 22.0 Å². The topological polar surface area (TPSA) is 76.0 Å². The molecule has 116 valence electrons. The largest absolute Gasteiger partial charge is 0.326 e. The number of nitrogens with zero attached hydrogens (tertiary/aromatic N) is 2. The number of aryl methyl sites for hydroxylation is 3. The lowest BCUT2D eigenvalue weighted by Crippen LogP contribution is -2.19. The molecule has 7 heteroatoms. The number of amides is 1. The monoisotopic (exact) mass is 318 g/mol. The molecule has 2 aromatic rings. The fourth-order valence-corrected chi connectivity index (χ4v) is 3.59. The molecule has 1 aliphatic rings. The highest BCUT2D eigenvalue weighted by Crippen LogP contribution is 2.26. The van der Waals surface area contributed by atoms with Crippen molar-refractivity contribution >= 4 is 28.3 Å². The minimum atomic E-state index is -1.36. The third kappa shape index (κ3) is 2.64. The highest BCUT2D eigenvalue weighted by Gasteiger charge is 2.17. The lowest BCUT2D eigenvalue weighted by molar-refractivity contribution is -0.116. The summed E-state index contributed by atoms with van der Waals surface area (Å²) in [5, 5.41) is 7.13. The highest BCUT2D eigenvalue weighted by atomic mass is 32.2. The van der Waals surface area contributed by atoms with Gasteiger partial charge in [-0.25, -0.2) is 4.21 Å². The Morgan fingerprint density at radius 2 is 2.09 bits per heavy atom. The van der Waals surface area contributed by atoms with E-state index in [1.807, 2.05) is 33.0 Å². The Morgan fingerprint density at radius 1 is 1.32 bits per heavy atom. The summed E-state index contributed by atoms with van der Waals surface area (Å²) in [5.41, 5.74) is 4.39. The van der Waals surface area contributed by atoms with Crippen molar-refractivity contribution in [2.45, 2.75) is 31.6 Å². The summed E-state index contributed by atoms with van der Waals surface area (Å²) in [6.07, 6.45) is 1.15. The van der Waals surface area contributed by atoms with Crippen LogP contribution in [0.3, 0.4) is 0 Å². The fourth-order valence-electron chi connectivity index (χ4n) is 2.55. The number of aromatic nitrogens is 2. The van der Waals surface area contributed by atoms with E-state index >= 15 is 0 Å². The van der Waals surface area contributed by atoms with Crippen LogP contribution < -0.4 is 10.0 Å². The maximum atomic E-state index is 12.6. The van der Waals surface area contributed by atoms with Gasteiger partial charge in [0.1, 0.15) is 11.0 Å². The number of carbonyl (C=O) groups is 1. The van der Waals surface area contributed by atoms with Crippen molar-refractivity contribution in [2.24, 2.45) is 7.05 Å². The molecule has 0 radical (unpaired) electrons. The molecule has 3 rings (SSSR count). The minimum absolute atomic E-state index is 0.0288. The third-order valence-corrected chi connectivity index (χ3v) is 4.96. The number of rotatable bonds is 3. The second kappa shape index (κ2) is 5.57. The Kier molecular flexibility index (Phi) is 3.74. The molecule has 0 saturated carbocycles. The zero-order valence-corrected chi connectivity index (χ0v) is 13.6. The van der Waals surface area contributed by atoms with Gasteiger partial charge in [-0.15, -0.1) is 0 Å². The molecule has 22 heavy (non-hydrogen) atoms. The first-order valence-electron chi connectivity index (χ1n) is 7.07. The molecule has 2 heterocycles. The number of nitrogens with one attached hydrogen (secondary N) is 2. The lowest BCUT2D eigenvalue weighted by atomic mass is 10.0. The van der Waals surface area contributed by atoms with E-state index in [2.05, 4.69) is 15.1 Å². The van der Waals surface area contributed by atoms with Crippen LogP contribution in [-0.2, 0) is 29.2 Å². The molecule has 1 amide bonds. The number of carbonyl (C=O) groups excluding carboxylic acids is 1. The molecular formula is C15H18N4O2S. The fraction of sp³-hybridized carbons (Fsp3) is 0.333. The Balaban J connectivity index is 1.85. The van der Waals surface area contributed by atoms with Gasteiger partial charge in [0.15, 0.2) is 0 Å². The van der Waals surface area contributed by atoms with Crippen molar-refractivity contribution < 1.29 is 9.00 Å². The van der Waals surface area contributed by atoms with Crippen LogP contribution >= 0.6 is 0 Å². The quantitative estimate of drug-likeness (QED) is 0.909. The predicted octanol–water partition coefficient (Wildman–Crippen LogP) is 2.06. The van der Waals surface area contributed by atoms with Crippen molar-refractivity contribution in [1.82, 2.24) is 9.78 Å². The number of benzene rings is 1. The van der Waals surface area contributed by atoms with Crippen LogP contribution in [0.5, 0.6) is 0 Å². The molecule has 2 N–H and O–H groups in total. The average Bonchev–Trinajstić information content (AvgIpc) is 2.73. The van der Waals surface area contributed by atoms with E-state index in [4.69, 9.17) is 0 Å². The van der Waals surface area contributed by atoms with Crippen LogP contribution in [0.25, 0.3) is 0 Å². The van der Waals surface area contributed by atoms with Crippen molar-refractivity contribution in [2.75, 3.05) is 10.0 Å². The Morgan fingerprint density at radius 3 is 2.77 bits per heavy atom. The van der Waals surface area contributed by atoms with Gasteiger partial charge in [0.2, 0.25) is 5.91 Å². The molecule has 1 atom stereocenters. The number of hydrogen-bond acceptors (Lipinski definition) is 3. The summed E-state index contributed by atoms with van der Waals surface area (Å²) >= 11 is 0. The van der Waals surface area contributed by atoms with Gasteiger partial charge in [-0.3, -0.25) is 14.2 Å². The summed E-state index contributed by atoms with van der Waals surface area (Å²) in [5.74, 6) is 0.0288. The Labute approximate surface area is 131 Å². The van der Waals surface area contributed by atoms with Gasteiger partial charge >= 0.3 is 0 Å². The van der Waals surface area contributed by atoms with Gasteiger partial charge in [0.25, 0.3) is 0 Å². The smallest absolute Gasteiger partial charge is 0.224 e. The molecule has 0 fully saturated rings. The van der Waals surface area contributed by atoms with E-state index in [0.29, 0.717) is 17.7 Å². The SMILES string of the molecule is Cc1nn(C)c(C)c1NS(=O)c1ccc2c(c1)CCC(=O)N2. The van der Waals surface area contributed by atoms with Crippen molar-refractivity contribution in [3.8, 4) is 0 Å². The first-order valence-corrected chi connectivity index (χ1v) is 8.22. The average molecular weight is 318 g/mol. The maximum absolute atomic E-state index is 12.6. The zero-order chi connectivity index (χ0) is 15.9. The molecule has 1 aromatic carbocycles. The molecular weight excluding hydrogens is 300 g/mol. The van der Waals surface area contributed by atoms with Gasteiger partial charge in [-0.05, 0) is 44.0 Å². The summed E-state index contributed by atoms with van der Waals surface area (Å²) in [7, 11) is 0.495. The van der Waals surface area contributed by atoms with Crippen LogP contribution in [-0.4, -0.2) is 19.9 Å². The summed E-state index contributed by atoms with van der Waals surface area (Å²) < 4.78 is 17.3. The van der Waals surface area contributed by atoms with Crippen molar-refractivity contribution in [1.29, 1.82) is 0 Å². The minimum Gasteiger partial charge on any atom is -0.326 e. The van der Waals surface area contributed by atoms with Crippen LogP contribution in [0.2, 0.25) is 0 Å². The van der Waals surface area contributed by atoms with Crippen LogP contribution in [0, 0.1) is 13.8 Å². The molecule has 0 spiro atoms. The zero-order valence-electron chi connectivity index (χ0n) is 12.8. The first-order chi connectivity index (χ1) is 10.5. The van der Waals surface area contributed by atoms with Gasteiger partial charge < -0.3 is 5.32 Å². The highest BCUT2D eigenvalue weighted by molar-refractivity contribution is 7.86. The summed E-state index contributed by atoms with van der Waals surface area (Å²) in [4.78, 5) is 12.1. The van der Waals surface area contributed by atoms with Gasteiger partial charge in [-0.1, -0.05) is 0 Å². The standard InChI is InChI=1S/C15H18N4O2S/c1-9-15(10(2)19(3)17-9)18-22(21)12-5-6-13-11(8-12)4-7-14(20)16-13/h5-6,8,18H,4,7H2,1-3H3,(H,16,20). The predicted molar refractivity (Wildman–Crippen MR) is 86.1 cm³/mol. The first kappa shape index (κ1) is 14.8. The van der Waals surface area contributed by atoms with Crippen LogP contribution in [0.4, 0.5) is 11.4 Å². The van der Waals surface area contributed by atoms with E-state index in [-0.39, 0.29) is 5.91 Å². The van der Waals surface area contributed by atoms with Gasteiger partial charge in [0, 0.05) is 19.2 Å². The Hall–Kier alpha value is -2.15. The molecule has 0 aliphatic carbocycles. The number of fused-ring (bicyclic) bond motifs is 1. The third-order valence-electron chi connectivity index (χ3n) is 3.89. The second-order valence-electron chi connectivity index (χ2n) is 5.41. The second-order valence-corrected chi connectivity index (χ2v) is 6.62. The molecule has 1 aliphatic heterocycles. The lowest BCUT2D eigenvalue weighted by Gasteiger charge is -2.17. The van der Waals surface area contributed by atoms with E-state index in [1.54, 1.807) is 10.7 Å². The van der Waals surface area contributed by atoms with Crippen LogP contribution in [0.15, 0.2) is 23.1 Å². The van der Waals surface area contributed by atoms with E-state index in [0.717, 1.165) is 28.3 Å². The van der Waals surface area contributed by atoms with E-state index in [1.165, 1.54) is 0 Å². The summed E-state index contributed by atoms with van der Waals surface area (Å²) in [6.45, 7) is 3.82. The Bertz CT molecular complexity index is 782. The number of hydrogen-bond donors (Lipinski definition) is 2. The normalized spacial score (nSPS) is 15.1.